The third-order valence-corrected chi connectivity index (χ3v) is 3.60. The van der Waals surface area contributed by atoms with E-state index in [0.29, 0.717) is 11.6 Å². The van der Waals surface area contributed by atoms with E-state index in [9.17, 15) is 9.59 Å². The van der Waals surface area contributed by atoms with Crippen molar-refractivity contribution in [1.29, 1.82) is 0 Å². The summed E-state index contributed by atoms with van der Waals surface area (Å²) in [5.74, 6) is 0.715. The van der Waals surface area contributed by atoms with Crippen LogP contribution in [-0.2, 0) is 4.79 Å². The van der Waals surface area contributed by atoms with E-state index in [-0.39, 0.29) is 23.6 Å². The van der Waals surface area contributed by atoms with Crippen molar-refractivity contribution < 1.29 is 4.79 Å². The fourth-order valence-corrected chi connectivity index (χ4v) is 2.96. The van der Waals surface area contributed by atoms with Crippen molar-refractivity contribution in [2.24, 2.45) is 0 Å². The molecule has 17 heavy (non-hydrogen) atoms. The van der Waals surface area contributed by atoms with Gasteiger partial charge in [-0.05, 0) is 13.8 Å². The number of aromatic nitrogens is 2. The highest BCUT2D eigenvalue weighted by molar-refractivity contribution is 7.99. The Morgan fingerprint density at radius 3 is 3.18 bits per heavy atom. The number of carbonyl (C=O) groups is 1. The van der Waals surface area contributed by atoms with Crippen LogP contribution in [0.25, 0.3) is 0 Å². The molecule has 1 aromatic rings. The first-order chi connectivity index (χ1) is 8.08. The molecule has 0 saturated heterocycles. The number of hydrogen-bond donors (Lipinski definition) is 1. The van der Waals surface area contributed by atoms with Gasteiger partial charge >= 0.3 is 0 Å². The maximum atomic E-state index is 11.7. The van der Waals surface area contributed by atoms with Gasteiger partial charge in [0.05, 0.1) is 6.04 Å². The topological polar surface area (TPSA) is 64.0 Å². The van der Waals surface area contributed by atoms with Gasteiger partial charge in [0.15, 0.2) is 5.16 Å². The molecule has 6 heteroatoms. The van der Waals surface area contributed by atoms with Gasteiger partial charge in [0.1, 0.15) is 0 Å². The average molecular weight is 253 g/mol. The smallest absolute Gasteiger partial charge is 0.254 e. The second kappa shape index (κ2) is 4.91. The van der Waals surface area contributed by atoms with Gasteiger partial charge in [-0.2, -0.15) is 0 Å². The molecule has 2 heterocycles. The van der Waals surface area contributed by atoms with Crippen molar-refractivity contribution >= 4 is 17.7 Å². The van der Waals surface area contributed by atoms with E-state index < -0.39 is 0 Å². The summed E-state index contributed by atoms with van der Waals surface area (Å²) in [5.41, 5.74) is -0.0812. The van der Waals surface area contributed by atoms with Crippen LogP contribution in [-0.4, -0.2) is 27.3 Å². The Morgan fingerprint density at radius 1 is 1.71 bits per heavy atom. The molecule has 0 aromatic carbocycles. The molecule has 0 fully saturated rings. The third kappa shape index (κ3) is 2.69. The summed E-state index contributed by atoms with van der Waals surface area (Å²) < 4.78 is 1.62. The van der Waals surface area contributed by atoms with Gasteiger partial charge in [0, 0.05) is 30.5 Å². The van der Waals surface area contributed by atoms with Crippen LogP contribution in [0.2, 0.25) is 0 Å². The Balaban J connectivity index is 2.12. The molecule has 0 radical (unpaired) electrons. The van der Waals surface area contributed by atoms with Crippen LogP contribution in [0.1, 0.15) is 26.3 Å². The van der Waals surface area contributed by atoms with Crippen molar-refractivity contribution in [2.75, 3.05) is 5.75 Å². The Bertz CT molecular complexity index is 484. The van der Waals surface area contributed by atoms with Crippen LogP contribution in [0.5, 0.6) is 0 Å². The van der Waals surface area contributed by atoms with Crippen molar-refractivity contribution in [3.63, 3.8) is 0 Å². The van der Waals surface area contributed by atoms with E-state index in [2.05, 4.69) is 10.3 Å². The van der Waals surface area contributed by atoms with Crippen LogP contribution >= 0.6 is 11.8 Å². The Morgan fingerprint density at radius 2 is 2.47 bits per heavy atom. The highest BCUT2D eigenvalue weighted by Crippen LogP contribution is 2.31. The number of thioether (sulfide) groups is 1. The second-order valence-corrected chi connectivity index (χ2v) is 5.31. The Hall–Kier alpha value is -1.30. The van der Waals surface area contributed by atoms with Crippen molar-refractivity contribution in [1.82, 2.24) is 14.9 Å². The number of nitrogens with zero attached hydrogens (tertiary/aromatic N) is 2. The summed E-state index contributed by atoms with van der Waals surface area (Å²) in [5, 5.41) is 3.54. The minimum Gasteiger partial charge on any atom is -0.354 e. The number of carbonyl (C=O) groups excluding carboxylic acids is 1. The van der Waals surface area contributed by atoms with Crippen LogP contribution in [0, 0.1) is 0 Å². The highest BCUT2D eigenvalue weighted by atomic mass is 32.2. The lowest BCUT2D eigenvalue weighted by molar-refractivity contribution is -0.122. The van der Waals surface area contributed by atoms with Gasteiger partial charge in [-0.1, -0.05) is 11.8 Å². The lowest BCUT2D eigenvalue weighted by atomic mass is 10.2. The normalized spacial score (nSPS) is 18.2. The molecule has 0 aliphatic carbocycles. The maximum Gasteiger partial charge on any atom is 0.254 e. The lowest BCUT2D eigenvalue weighted by Gasteiger charge is -2.14. The highest BCUT2D eigenvalue weighted by Gasteiger charge is 2.26. The molecule has 1 aliphatic heterocycles. The van der Waals surface area contributed by atoms with E-state index >= 15 is 0 Å². The van der Waals surface area contributed by atoms with E-state index in [4.69, 9.17) is 0 Å². The van der Waals surface area contributed by atoms with Crippen LogP contribution < -0.4 is 10.9 Å². The quantitative estimate of drug-likeness (QED) is 0.809. The van der Waals surface area contributed by atoms with E-state index in [0.717, 1.165) is 5.75 Å². The summed E-state index contributed by atoms with van der Waals surface area (Å²) in [6.07, 6.45) is 1.85. The predicted molar refractivity (Wildman–Crippen MR) is 66.2 cm³/mol. The van der Waals surface area contributed by atoms with Crippen LogP contribution in [0.3, 0.4) is 0 Å². The monoisotopic (exact) mass is 253 g/mol. The SMILES string of the molecule is CC(C)NC(=O)CC1CSc2nccc(=O)n21. The molecule has 0 saturated carbocycles. The Kier molecular flexibility index (Phi) is 3.51. The van der Waals surface area contributed by atoms with Gasteiger partial charge in [0.25, 0.3) is 5.56 Å². The third-order valence-electron chi connectivity index (χ3n) is 2.49. The first kappa shape index (κ1) is 12.2. The fraction of sp³-hybridized carbons (Fsp3) is 0.545. The first-order valence-corrected chi connectivity index (χ1v) is 6.56. The standard InChI is InChI=1S/C11H15N3O2S/c1-7(2)13-9(15)5-8-6-17-11-12-4-3-10(16)14(8)11/h3-4,7-8H,5-6H2,1-2H3,(H,13,15). The lowest BCUT2D eigenvalue weighted by Crippen LogP contribution is -2.33. The molecule has 1 aliphatic rings. The Labute approximate surface area is 104 Å². The first-order valence-electron chi connectivity index (χ1n) is 5.57. The number of nitrogens with one attached hydrogen (secondary N) is 1. The molecule has 0 bridgehead atoms. The second-order valence-electron chi connectivity index (χ2n) is 4.33. The maximum absolute atomic E-state index is 11.7. The van der Waals surface area contributed by atoms with Gasteiger partial charge in [-0.25, -0.2) is 4.98 Å². The van der Waals surface area contributed by atoms with Crippen molar-refractivity contribution in [3.05, 3.63) is 22.6 Å². The summed E-state index contributed by atoms with van der Waals surface area (Å²) in [4.78, 5) is 27.5. The minimum atomic E-state index is -0.0812. The van der Waals surface area contributed by atoms with Gasteiger partial charge < -0.3 is 5.32 Å². The number of hydrogen-bond acceptors (Lipinski definition) is 4. The fourth-order valence-electron chi connectivity index (χ4n) is 1.83. The number of rotatable bonds is 3. The summed E-state index contributed by atoms with van der Waals surface area (Å²) >= 11 is 1.52. The number of fused-ring (bicyclic) bond motifs is 1. The molecule has 1 aromatic heterocycles. The zero-order chi connectivity index (χ0) is 12.4. The summed E-state index contributed by atoms with van der Waals surface area (Å²) in [6.45, 7) is 3.84. The molecular formula is C11H15N3O2S. The summed E-state index contributed by atoms with van der Waals surface area (Å²) in [7, 11) is 0. The van der Waals surface area contributed by atoms with Gasteiger partial charge in [-0.3, -0.25) is 14.2 Å². The van der Waals surface area contributed by atoms with Crippen LogP contribution in [0.15, 0.2) is 22.2 Å². The summed E-state index contributed by atoms with van der Waals surface area (Å²) in [6, 6.07) is 1.49. The van der Waals surface area contributed by atoms with E-state index in [1.807, 2.05) is 13.8 Å². The molecule has 1 atom stereocenters. The predicted octanol–water partition coefficient (Wildman–Crippen LogP) is 0.805. The molecular weight excluding hydrogens is 238 g/mol. The van der Waals surface area contributed by atoms with Crippen molar-refractivity contribution in [2.45, 2.75) is 37.5 Å². The average Bonchev–Trinajstić information content (AvgIpc) is 2.61. The zero-order valence-corrected chi connectivity index (χ0v) is 10.7. The molecule has 92 valence electrons. The largest absolute Gasteiger partial charge is 0.354 e. The van der Waals surface area contributed by atoms with Crippen molar-refractivity contribution in [3.8, 4) is 0 Å². The van der Waals surface area contributed by atoms with Gasteiger partial charge in [0.2, 0.25) is 5.91 Å². The van der Waals surface area contributed by atoms with Gasteiger partial charge in [-0.15, -0.1) is 0 Å². The van der Waals surface area contributed by atoms with E-state index in [1.165, 1.54) is 24.0 Å². The zero-order valence-electron chi connectivity index (χ0n) is 9.84. The molecule has 5 nitrogen and oxygen atoms in total. The van der Waals surface area contributed by atoms with Crippen LogP contribution in [0.4, 0.5) is 0 Å². The van der Waals surface area contributed by atoms with E-state index in [1.54, 1.807) is 4.57 Å². The molecule has 1 amide bonds. The molecule has 0 spiro atoms. The molecule has 2 rings (SSSR count). The molecule has 1 N–H and O–H groups in total. The number of amides is 1. The minimum absolute atomic E-state index is 0.0193. The molecule has 1 unspecified atom stereocenters.